The number of anilines is 1. The Labute approximate surface area is 131 Å². The summed E-state index contributed by atoms with van der Waals surface area (Å²) in [5.74, 6) is -0.753. The van der Waals surface area contributed by atoms with E-state index in [-0.39, 0.29) is 16.9 Å². The van der Waals surface area contributed by atoms with E-state index in [1.165, 1.54) is 31.2 Å². The van der Waals surface area contributed by atoms with Crippen LogP contribution in [-0.2, 0) is 11.8 Å². The van der Waals surface area contributed by atoms with Crippen LogP contribution >= 0.6 is 11.6 Å². The second kappa shape index (κ2) is 6.48. The van der Waals surface area contributed by atoms with Gasteiger partial charge in [-0.25, -0.2) is 4.79 Å². The van der Waals surface area contributed by atoms with Crippen molar-refractivity contribution in [3.8, 4) is 5.75 Å². The van der Waals surface area contributed by atoms with E-state index < -0.39 is 11.9 Å². The molecule has 0 saturated carbocycles. The fraction of sp³-hybridized carbons (Fsp3) is 0.214. The van der Waals surface area contributed by atoms with Crippen LogP contribution < -0.4 is 10.1 Å². The summed E-state index contributed by atoms with van der Waals surface area (Å²) in [6.45, 7) is 0. The van der Waals surface area contributed by atoms with Gasteiger partial charge in [-0.3, -0.25) is 9.48 Å². The first-order chi connectivity index (χ1) is 10.5. The summed E-state index contributed by atoms with van der Waals surface area (Å²) in [4.78, 5) is 24.0. The molecule has 0 aliphatic carbocycles. The monoisotopic (exact) mass is 323 g/mol. The maximum Gasteiger partial charge on any atom is 0.360 e. The number of amides is 1. The highest BCUT2D eigenvalue weighted by molar-refractivity contribution is 6.31. The molecule has 0 saturated heterocycles. The van der Waals surface area contributed by atoms with Crippen LogP contribution in [0.2, 0.25) is 5.02 Å². The second-order valence-electron chi connectivity index (χ2n) is 4.36. The van der Waals surface area contributed by atoms with E-state index in [1.807, 2.05) is 0 Å². The minimum Gasteiger partial charge on any atom is -0.496 e. The van der Waals surface area contributed by atoms with Gasteiger partial charge in [0.1, 0.15) is 5.75 Å². The van der Waals surface area contributed by atoms with Gasteiger partial charge < -0.3 is 14.8 Å². The molecule has 1 amide bonds. The van der Waals surface area contributed by atoms with Crippen LogP contribution in [0, 0.1) is 0 Å². The highest BCUT2D eigenvalue weighted by Crippen LogP contribution is 2.24. The summed E-state index contributed by atoms with van der Waals surface area (Å²) in [5.41, 5.74) is 0.496. The first-order valence-electron chi connectivity index (χ1n) is 6.23. The number of rotatable bonds is 4. The lowest BCUT2D eigenvalue weighted by atomic mass is 10.2. The molecule has 0 fully saturated rings. The molecule has 0 unspecified atom stereocenters. The number of esters is 1. The highest BCUT2D eigenvalue weighted by Gasteiger charge is 2.20. The van der Waals surface area contributed by atoms with E-state index in [0.717, 1.165) is 0 Å². The Hall–Kier alpha value is -2.54. The number of methoxy groups -OCH3 is 2. The predicted octanol–water partition coefficient (Wildman–Crippen LogP) is 2.12. The third-order valence-electron chi connectivity index (χ3n) is 2.86. The highest BCUT2D eigenvalue weighted by atomic mass is 35.5. The summed E-state index contributed by atoms with van der Waals surface area (Å²) in [7, 11) is 4.31. The molecule has 1 aromatic heterocycles. The van der Waals surface area contributed by atoms with Gasteiger partial charge in [-0.15, -0.1) is 0 Å². The molecule has 1 aromatic carbocycles. The number of carbonyl (C=O) groups is 2. The zero-order valence-electron chi connectivity index (χ0n) is 12.2. The first kappa shape index (κ1) is 15.8. The summed E-state index contributed by atoms with van der Waals surface area (Å²) < 4.78 is 11.2. The van der Waals surface area contributed by atoms with E-state index >= 15 is 0 Å². The molecular weight excluding hydrogens is 310 g/mol. The quantitative estimate of drug-likeness (QED) is 0.871. The van der Waals surface area contributed by atoms with Crippen molar-refractivity contribution >= 4 is 29.2 Å². The molecule has 0 aliphatic rings. The van der Waals surface area contributed by atoms with Gasteiger partial charge >= 0.3 is 5.97 Å². The van der Waals surface area contributed by atoms with Crippen molar-refractivity contribution in [1.82, 2.24) is 9.78 Å². The van der Waals surface area contributed by atoms with E-state index in [0.29, 0.717) is 10.8 Å². The number of hydrogen-bond donors (Lipinski definition) is 1. The Morgan fingerprint density at radius 1 is 1.32 bits per heavy atom. The second-order valence-corrected chi connectivity index (χ2v) is 4.79. The van der Waals surface area contributed by atoms with Gasteiger partial charge in [0.05, 0.1) is 25.5 Å². The summed E-state index contributed by atoms with van der Waals surface area (Å²) in [6, 6.07) is 4.67. The number of aromatic nitrogens is 2. The number of benzene rings is 1. The minimum atomic E-state index is -0.644. The Bertz CT molecular complexity index is 727. The van der Waals surface area contributed by atoms with Crippen LogP contribution in [0.3, 0.4) is 0 Å². The maximum atomic E-state index is 12.4. The smallest absolute Gasteiger partial charge is 0.360 e. The number of ether oxygens (including phenoxy) is 2. The number of hydrogen-bond acceptors (Lipinski definition) is 5. The van der Waals surface area contributed by atoms with Crippen molar-refractivity contribution < 1.29 is 19.1 Å². The molecule has 8 heteroatoms. The molecule has 0 radical (unpaired) electrons. The van der Waals surface area contributed by atoms with Crippen molar-refractivity contribution in [3.63, 3.8) is 0 Å². The number of nitrogens with zero attached hydrogens (tertiary/aromatic N) is 2. The van der Waals surface area contributed by atoms with Crippen LogP contribution in [0.5, 0.6) is 5.75 Å². The SMILES string of the molecule is COC(=O)c1nn(C)cc1NC(=O)c1cc(Cl)ccc1OC. The van der Waals surface area contributed by atoms with Crippen molar-refractivity contribution in [2.75, 3.05) is 19.5 Å². The van der Waals surface area contributed by atoms with Crippen LogP contribution in [0.15, 0.2) is 24.4 Å². The molecule has 22 heavy (non-hydrogen) atoms. The van der Waals surface area contributed by atoms with Gasteiger partial charge in [0.25, 0.3) is 5.91 Å². The molecule has 0 aliphatic heterocycles. The topological polar surface area (TPSA) is 82.5 Å². The average Bonchev–Trinajstić information content (AvgIpc) is 2.86. The van der Waals surface area contributed by atoms with Gasteiger partial charge in [-0.2, -0.15) is 5.10 Å². The first-order valence-corrected chi connectivity index (χ1v) is 6.61. The molecule has 2 aromatic rings. The largest absolute Gasteiger partial charge is 0.496 e. The lowest BCUT2D eigenvalue weighted by Gasteiger charge is -2.09. The van der Waals surface area contributed by atoms with Gasteiger partial charge in [0.15, 0.2) is 5.69 Å². The molecule has 2 rings (SSSR count). The standard InChI is InChI=1S/C14H14ClN3O4/c1-18-7-10(12(17-18)14(20)22-3)16-13(19)9-6-8(15)4-5-11(9)21-2/h4-7H,1-3H3,(H,16,19). The summed E-state index contributed by atoms with van der Waals surface area (Å²) >= 11 is 5.90. The lowest BCUT2D eigenvalue weighted by molar-refractivity contribution is 0.0594. The van der Waals surface area contributed by atoms with Gasteiger partial charge in [-0.05, 0) is 18.2 Å². The zero-order chi connectivity index (χ0) is 16.3. The minimum absolute atomic E-state index is 0.0133. The number of carbonyl (C=O) groups excluding carboxylic acids is 2. The fourth-order valence-electron chi connectivity index (χ4n) is 1.87. The molecule has 0 spiro atoms. The Kier molecular flexibility index (Phi) is 4.67. The zero-order valence-corrected chi connectivity index (χ0v) is 13.0. The Balaban J connectivity index is 2.34. The van der Waals surface area contributed by atoms with Crippen LogP contribution in [-0.4, -0.2) is 35.9 Å². The van der Waals surface area contributed by atoms with Crippen LogP contribution in [0.25, 0.3) is 0 Å². The average molecular weight is 324 g/mol. The molecular formula is C14H14ClN3O4. The van der Waals surface area contributed by atoms with Gasteiger partial charge in [0.2, 0.25) is 0 Å². The molecule has 1 heterocycles. The predicted molar refractivity (Wildman–Crippen MR) is 80.5 cm³/mol. The fourth-order valence-corrected chi connectivity index (χ4v) is 2.05. The number of halogens is 1. The van der Waals surface area contributed by atoms with E-state index in [2.05, 4.69) is 15.2 Å². The van der Waals surface area contributed by atoms with Crippen molar-refractivity contribution in [1.29, 1.82) is 0 Å². The molecule has 116 valence electrons. The van der Waals surface area contributed by atoms with E-state index in [9.17, 15) is 9.59 Å². The Morgan fingerprint density at radius 3 is 2.68 bits per heavy atom. The molecule has 1 N–H and O–H groups in total. The third-order valence-corrected chi connectivity index (χ3v) is 3.10. The molecule has 7 nitrogen and oxygen atoms in total. The lowest BCUT2D eigenvalue weighted by Crippen LogP contribution is -2.15. The summed E-state index contributed by atoms with van der Waals surface area (Å²) in [6.07, 6.45) is 1.50. The van der Waals surface area contributed by atoms with Crippen LogP contribution in [0.4, 0.5) is 5.69 Å². The summed E-state index contributed by atoms with van der Waals surface area (Å²) in [5, 5.41) is 6.96. The number of nitrogens with one attached hydrogen (secondary N) is 1. The normalized spacial score (nSPS) is 10.2. The van der Waals surface area contributed by atoms with Crippen LogP contribution in [0.1, 0.15) is 20.8 Å². The Morgan fingerprint density at radius 2 is 2.05 bits per heavy atom. The third kappa shape index (κ3) is 3.20. The van der Waals surface area contributed by atoms with Gasteiger partial charge in [0, 0.05) is 18.3 Å². The number of aryl methyl sites for hydroxylation is 1. The van der Waals surface area contributed by atoms with Gasteiger partial charge in [-0.1, -0.05) is 11.6 Å². The molecule has 0 bridgehead atoms. The van der Waals surface area contributed by atoms with Crippen molar-refractivity contribution in [2.45, 2.75) is 0 Å². The van der Waals surface area contributed by atoms with E-state index in [1.54, 1.807) is 19.2 Å². The van der Waals surface area contributed by atoms with Crippen molar-refractivity contribution in [2.24, 2.45) is 7.05 Å². The van der Waals surface area contributed by atoms with E-state index in [4.69, 9.17) is 16.3 Å². The van der Waals surface area contributed by atoms with Crippen molar-refractivity contribution in [3.05, 3.63) is 40.7 Å². The molecule has 0 atom stereocenters. The maximum absolute atomic E-state index is 12.4.